The van der Waals surface area contributed by atoms with Gasteiger partial charge in [0.1, 0.15) is 5.82 Å². The molecule has 5 nitrogen and oxygen atoms in total. The van der Waals surface area contributed by atoms with E-state index in [4.69, 9.17) is 17.3 Å². The summed E-state index contributed by atoms with van der Waals surface area (Å²) >= 11 is 5.83. The Labute approximate surface area is 115 Å². The standard InChI is InChI=1S/C13H13ClN4O/c1-7-3-4-11(8(2)17-7)18-13(19)9-5-10(14)12(15)16-6-9/h3-6H,1-2H3,(H2,15,16)(H,18,19). The van der Waals surface area contributed by atoms with Crippen molar-refractivity contribution in [3.05, 3.63) is 46.4 Å². The maximum atomic E-state index is 12.0. The van der Waals surface area contributed by atoms with Gasteiger partial charge in [0.2, 0.25) is 0 Å². The molecule has 0 unspecified atom stereocenters. The summed E-state index contributed by atoms with van der Waals surface area (Å²) in [7, 11) is 0. The maximum Gasteiger partial charge on any atom is 0.257 e. The Bertz CT molecular complexity index is 643. The molecule has 98 valence electrons. The van der Waals surface area contributed by atoms with Gasteiger partial charge in [-0.3, -0.25) is 9.78 Å². The molecule has 0 fully saturated rings. The van der Waals surface area contributed by atoms with E-state index in [-0.39, 0.29) is 16.7 Å². The number of nitrogen functional groups attached to an aromatic ring is 1. The Balaban J connectivity index is 2.23. The first-order valence-corrected chi connectivity index (χ1v) is 6.02. The van der Waals surface area contributed by atoms with Crippen LogP contribution in [-0.2, 0) is 0 Å². The molecule has 2 aromatic heterocycles. The summed E-state index contributed by atoms with van der Waals surface area (Å²) in [6, 6.07) is 5.12. The third kappa shape index (κ3) is 3.00. The number of anilines is 2. The number of aryl methyl sites for hydroxylation is 2. The van der Waals surface area contributed by atoms with E-state index >= 15 is 0 Å². The van der Waals surface area contributed by atoms with Crippen molar-refractivity contribution >= 4 is 29.0 Å². The molecule has 2 heterocycles. The second kappa shape index (κ2) is 5.24. The number of hydrogen-bond donors (Lipinski definition) is 2. The van der Waals surface area contributed by atoms with Crippen LogP contribution in [0.4, 0.5) is 11.5 Å². The minimum atomic E-state index is -0.303. The molecule has 0 aliphatic rings. The van der Waals surface area contributed by atoms with Gasteiger partial charge in [-0.15, -0.1) is 0 Å². The molecule has 0 aliphatic heterocycles. The zero-order chi connectivity index (χ0) is 14.0. The lowest BCUT2D eigenvalue weighted by molar-refractivity contribution is 0.102. The zero-order valence-electron chi connectivity index (χ0n) is 10.6. The Morgan fingerprint density at radius 1 is 1.37 bits per heavy atom. The third-order valence-electron chi connectivity index (χ3n) is 2.61. The van der Waals surface area contributed by atoms with E-state index in [9.17, 15) is 4.79 Å². The van der Waals surface area contributed by atoms with Crippen LogP contribution in [0.1, 0.15) is 21.7 Å². The summed E-state index contributed by atoms with van der Waals surface area (Å²) in [6.07, 6.45) is 1.38. The number of halogens is 1. The van der Waals surface area contributed by atoms with Crippen molar-refractivity contribution < 1.29 is 4.79 Å². The van der Waals surface area contributed by atoms with Gasteiger partial charge in [-0.05, 0) is 32.0 Å². The van der Waals surface area contributed by atoms with Crippen LogP contribution >= 0.6 is 11.6 Å². The molecule has 0 bridgehead atoms. The van der Waals surface area contributed by atoms with Gasteiger partial charge in [-0.25, -0.2) is 4.98 Å². The van der Waals surface area contributed by atoms with Crippen molar-refractivity contribution in [1.82, 2.24) is 9.97 Å². The average Bonchev–Trinajstić information content (AvgIpc) is 2.36. The highest BCUT2D eigenvalue weighted by Crippen LogP contribution is 2.18. The van der Waals surface area contributed by atoms with E-state index in [0.717, 1.165) is 11.4 Å². The number of carbonyl (C=O) groups excluding carboxylic acids is 1. The zero-order valence-corrected chi connectivity index (χ0v) is 11.3. The minimum absolute atomic E-state index is 0.200. The van der Waals surface area contributed by atoms with Gasteiger partial charge in [0.05, 0.1) is 22.0 Å². The second-order valence-corrected chi connectivity index (χ2v) is 4.54. The molecule has 3 N–H and O–H groups in total. The van der Waals surface area contributed by atoms with E-state index in [2.05, 4.69) is 15.3 Å². The number of pyridine rings is 2. The van der Waals surface area contributed by atoms with Crippen LogP contribution in [0, 0.1) is 13.8 Å². The monoisotopic (exact) mass is 276 g/mol. The van der Waals surface area contributed by atoms with Crippen molar-refractivity contribution in [3.8, 4) is 0 Å². The van der Waals surface area contributed by atoms with Crippen molar-refractivity contribution in [2.45, 2.75) is 13.8 Å². The average molecular weight is 277 g/mol. The summed E-state index contributed by atoms with van der Waals surface area (Å²) < 4.78 is 0. The van der Waals surface area contributed by atoms with Gasteiger partial charge in [0, 0.05) is 11.9 Å². The third-order valence-corrected chi connectivity index (χ3v) is 2.91. The van der Waals surface area contributed by atoms with Crippen LogP contribution in [0.25, 0.3) is 0 Å². The van der Waals surface area contributed by atoms with Crippen molar-refractivity contribution in [2.24, 2.45) is 0 Å². The lowest BCUT2D eigenvalue weighted by Crippen LogP contribution is -2.14. The molecule has 1 amide bonds. The second-order valence-electron chi connectivity index (χ2n) is 4.13. The lowest BCUT2D eigenvalue weighted by Gasteiger charge is -2.08. The van der Waals surface area contributed by atoms with Gasteiger partial charge in [0.15, 0.2) is 0 Å². The molecule has 0 saturated carbocycles. The van der Waals surface area contributed by atoms with E-state index in [1.54, 1.807) is 0 Å². The molecular formula is C13H13ClN4O. The lowest BCUT2D eigenvalue weighted by atomic mass is 10.2. The minimum Gasteiger partial charge on any atom is -0.382 e. The van der Waals surface area contributed by atoms with Gasteiger partial charge in [0.25, 0.3) is 5.91 Å². The van der Waals surface area contributed by atoms with Crippen LogP contribution < -0.4 is 11.1 Å². The number of rotatable bonds is 2. The van der Waals surface area contributed by atoms with E-state index in [1.165, 1.54) is 12.3 Å². The highest BCUT2D eigenvalue weighted by Gasteiger charge is 2.10. The van der Waals surface area contributed by atoms with Crippen LogP contribution in [0.15, 0.2) is 24.4 Å². The largest absolute Gasteiger partial charge is 0.382 e. The molecule has 0 saturated heterocycles. The molecule has 19 heavy (non-hydrogen) atoms. The van der Waals surface area contributed by atoms with Crippen LogP contribution in [0.3, 0.4) is 0 Å². The number of nitrogens with two attached hydrogens (primary N) is 1. The fourth-order valence-corrected chi connectivity index (χ4v) is 1.75. The first kappa shape index (κ1) is 13.3. The van der Waals surface area contributed by atoms with E-state index in [0.29, 0.717) is 11.3 Å². The first-order chi connectivity index (χ1) is 8.97. The van der Waals surface area contributed by atoms with Crippen molar-refractivity contribution in [1.29, 1.82) is 0 Å². The Morgan fingerprint density at radius 2 is 2.11 bits per heavy atom. The number of hydrogen-bond acceptors (Lipinski definition) is 4. The summed E-state index contributed by atoms with van der Waals surface area (Å²) in [5, 5.41) is 3.02. The fraction of sp³-hybridized carbons (Fsp3) is 0.154. The molecule has 0 spiro atoms. The molecule has 0 atom stereocenters. The predicted molar refractivity (Wildman–Crippen MR) is 75.3 cm³/mol. The molecule has 0 aromatic carbocycles. The normalized spacial score (nSPS) is 10.3. The highest BCUT2D eigenvalue weighted by atomic mass is 35.5. The first-order valence-electron chi connectivity index (χ1n) is 5.64. The summed E-state index contributed by atoms with van der Waals surface area (Å²) in [5.74, 6) is -0.102. The predicted octanol–water partition coefficient (Wildman–Crippen LogP) is 2.58. The Kier molecular flexibility index (Phi) is 3.66. The molecule has 6 heteroatoms. The van der Waals surface area contributed by atoms with Gasteiger partial charge in [-0.2, -0.15) is 0 Å². The summed E-state index contributed by atoms with van der Waals surface area (Å²) in [4.78, 5) is 20.2. The summed E-state index contributed by atoms with van der Waals surface area (Å²) in [5.41, 5.74) is 8.15. The molecular weight excluding hydrogens is 264 g/mol. The highest BCUT2D eigenvalue weighted by molar-refractivity contribution is 6.33. The maximum absolute atomic E-state index is 12.0. The van der Waals surface area contributed by atoms with E-state index < -0.39 is 0 Å². The van der Waals surface area contributed by atoms with Crippen LogP contribution in [0.5, 0.6) is 0 Å². The number of amides is 1. The topological polar surface area (TPSA) is 80.9 Å². The fourth-order valence-electron chi connectivity index (χ4n) is 1.59. The Morgan fingerprint density at radius 3 is 2.74 bits per heavy atom. The van der Waals surface area contributed by atoms with Gasteiger partial charge < -0.3 is 11.1 Å². The number of nitrogens with zero attached hydrogens (tertiary/aromatic N) is 2. The van der Waals surface area contributed by atoms with Crippen LogP contribution in [-0.4, -0.2) is 15.9 Å². The van der Waals surface area contributed by atoms with Crippen LogP contribution in [0.2, 0.25) is 5.02 Å². The van der Waals surface area contributed by atoms with Gasteiger partial charge in [-0.1, -0.05) is 11.6 Å². The number of aromatic nitrogens is 2. The van der Waals surface area contributed by atoms with Crippen molar-refractivity contribution in [3.63, 3.8) is 0 Å². The Hall–Kier alpha value is -2.14. The SMILES string of the molecule is Cc1ccc(NC(=O)c2cnc(N)c(Cl)c2)c(C)n1. The van der Waals surface area contributed by atoms with Crippen molar-refractivity contribution in [2.75, 3.05) is 11.1 Å². The summed E-state index contributed by atoms with van der Waals surface area (Å²) in [6.45, 7) is 3.72. The molecule has 0 aliphatic carbocycles. The molecule has 2 rings (SSSR count). The quantitative estimate of drug-likeness (QED) is 0.883. The molecule has 2 aromatic rings. The molecule has 0 radical (unpaired) electrons. The number of carbonyl (C=O) groups is 1. The van der Waals surface area contributed by atoms with Gasteiger partial charge >= 0.3 is 0 Å². The smallest absolute Gasteiger partial charge is 0.257 e. The number of nitrogens with one attached hydrogen (secondary N) is 1. The van der Waals surface area contributed by atoms with E-state index in [1.807, 2.05) is 26.0 Å².